The van der Waals surface area contributed by atoms with Gasteiger partial charge in [-0.3, -0.25) is 4.98 Å². The van der Waals surface area contributed by atoms with Crippen molar-refractivity contribution >= 4 is 0 Å². The third-order valence-electron chi connectivity index (χ3n) is 3.06. The first-order valence-electron chi connectivity index (χ1n) is 6.45. The number of rotatable bonds is 5. The largest absolute Gasteiger partial charge is 0.388 e. The summed E-state index contributed by atoms with van der Waals surface area (Å²) in [5, 5.41) is 10.2. The maximum absolute atomic E-state index is 10.2. The molecule has 1 aromatic heterocycles. The fourth-order valence-corrected chi connectivity index (χ4v) is 2.06. The van der Waals surface area contributed by atoms with Gasteiger partial charge >= 0.3 is 0 Å². The van der Waals surface area contributed by atoms with Crippen LogP contribution in [0.4, 0.5) is 0 Å². The number of nitrogens with zero attached hydrogens (tertiary/aromatic N) is 1. The third-order valence-corrected chi connectivity index (χ3v) is 3.06. The summed E-state index contributed by atoms with van der Waals surface area (Å²) in [6.45, 7) is 2.17. The molecule has 1 unspecified atom stereocenters. The summed E-state index contributed by atoms with van der Waals surface area (Å²) < 4.78 is 0. The van der Waals surface area contributed by atoms with E-state index in [9.17, 15) is 5.11 Å². The second-order valence-corrected chi connectivity index (χ2v) is 4.57. The van der Waals surface area contributed by atoms with E-state index in [0.29, 0.717) is 6.42 Å². The minimum atomic E-state index is -0.454. The molecule has 0 aliphatic carbocycles. The van der Waals surface area contributed by atoms with Crippen LogP contribution in [0.3, 0.4) is 0 Å². The van der Waals surface area contributed by atoms with Gasteiger partial charge in [-0.25, -0.2) is 0 Å². The molecule has 0 fully saturated rings. The number of aromatic nitrogens is 1. The van der Waals surface area contributed by atoms with Crippen LogP contribution in [0.1, 0.15) is 36.1 Å². The number of aliphatic hydroxyl groups is 1. The Balaban J connectivity index is 2.02. The number of pyridine rings is 1. The first-order chi connectivity index (χ1) is 8.79. The Morgan fingerprint density at radius 3 is 2.50 bits per heavy atom. The number of hydrogen-bond donors (Lipinski definition) is 1. The molecule has 1 aromatic carbocycles. The van der Waals surface area contributed by atoms with E-state index < -0.39 is 6.10 Å². The lowest BCUT2D eigenvalue weighted by Crippen LogP contribution is -2.02. The molecule has 2 heteroatoms. The maximum atomic E-state index is 10.2. The van der Waals surface area contributed by atoms with Gasteiger partial charge in [-0.2, -0.15) is 0 Å². The van der Waals surface area contributed by atoms with Gasteiger partial charge in [0.15, 0.2) is 0 Å². The molecule has 2 rings (SSSR count). The molecule has 0 saturated heterocycles. The van der Waals surface area contributed by atoms with Gasteiger partial charge in [0, 0.05) is 18.8 Å². The lowest BCUT2D eigenvalue weighted by molar-refractivity contribution is 0.178. The molecule has 1 atom stereocenters. The van der Waals surface area contributed by atoms with E-state index in [-0.39, 0.29) is 0 Å². The average Bonchev–Trinajstić information content (AvgIpc) is 2.41. The van der Waals surface area contributed by atoms with Crippen molar-refractivity contribution in [1.29, 1.82) is 0 Å². The molecule has 0 spiro atoms. The number of benzene rings is 1. The van der Waals surface area contributed by atoms with Crippen LogP contribution in [0.25, 0.3) is 0 Å². The van der Waals surface area contributed by atoms with Gasteiger partial charge in [0.1, 0.15) is 0 Å². The molecule has 2 aromatic rings. The topological polar surface area (TPSA) is 33.1 Å². The normalized spacial score (nSPS) is 12.3. The lowest BCUT2D eigenvalue weighted by Gasteiger charge is -2.11. The second-order valence-electron chi connectivity index (χ2n) is 4.57. The first kappa shape index (κ1) is 12.8. The summed E-state index contributed by atoms with van der Waals surface area (Å²) >= 11 is 0. The minimum absolute atomic E-state index is 0.454. The summed E-state index contributed by atoms with van der Waals surface area (Å²) in [5.41, 5.74) is 3.36. The van der Waals surface area contributed by atoms with Crippen LogP contribution >= 0.6 is 0 Å². The Hall–Kier alpha value is -1.67. The van der Waals surface area contributed by atoms with Crippen molar-refractivity contribution in [2.24, 2.45) is 0 Å². The van der Waals surface area contributed by atoms with E-state index in [2.05, 4.69) is 24.0 Å². The molecule has 0 bridgehead atoms. The zero-order valence-electron chi connectivity index (χ0n) is 10.7. The van der Waals surface area contributed by atoms with Gasteiger partial charge < -0.3 is 5.11 Å². The van der Waals surface area contributed by atoms with E-state index in [1.54, 1.807) is 12.4 Å². The van der Waals surface area contributed by atoms with Crippen LogP contribution in [0, 0.1) is 0 Å². The van der Waals surface area contributed by atoms with Crippen molar-refractivity contribution < 1.29 is 5.11 Å². The zero-order valence-corrected chi connectivity index (χ0v) is 10.7. The Morgan fingerprint density at radius 1 is 1.11 bits per heavy atom. The monoisotopic (exact) mass is 241 g/mol. The van der Waals surface area contributed by atoms with Crippen molar-refractivity contribution in [3.8, 4) is 0 Å². The van der Waals surface area contributed by atoms with E-state index in [1.165, 1.54) is 5.56 Å². The Bertz CT molecular complexity index is 464. The van der Waals surface area contributed by atoms with Crippen molar-refractivity contribution in [1.82, 2.24) is 4.98 Å². The summed E-state index contributed by atoms with van der Waals surface area (Å²) in [5.74, 6) is 0. The standard InChI is InChI=1S/C16H19NO/c1-2-4-13-6-8-15(9-7-13)16(18)11-14-5-3-10-17-12-14/h3,5-10,12,16,18H,2,4,11H2,1H3. The molecule has 1 N–H and O–H groups in total. The van der Waals surface area contributed by atoms with Gasteiger partial charge in [-0.15, -0.1) is 0 Å². The molecule has 0 aliphatic heterocycles. The molecule has 0 radical (unpaired) electrons. The SMILES string of the molecule is CCCc1ccc(C(O)Cc2cccnc2)cc1. The van der Waals surface area contributed by atoms with Crippen LogP contribution in [0.5, 0.6) is 0 Å². The van der Waals surface area contributed by atoms with E-state index in [1.807, 2.05) is 24.3 Å². The minimum Gasteiger partial charge on any atom is -0.388 e. The highest BCUT2D eigenvalue weighted by Crippen LogP contribution is 2.18. The molecule has 1 heterocycles. The molecule has 0 amide bonds. The second kappa shape index (κ2) is 6.31. The van der Waals surface area contributed by atoms with Crippen LogP contribution in [0.15, 0.2) is 48.8 Å². The molecule has 0 saturated carbocycles. The quantitative estimate of drug-likeness (QED) is 0.871. The molecule has 0 aliphatic rings. The molecular formula is C16H19NO. The smallest absolute Gasteiger partial charge is 0.0830 e. The predicted molar refractivity (Wildman–Crippen MR) is 73.3 cm³/mol. The zero-order chi connectivity index (χ0) is 12.8. The van der Waals surface area contributed by atoms with Gasteiger partial charge in [0.25, 0.3) is 0 Å². The van der Waals surface area contributed by atoms with Crippen molar-refractivity contribution in [2.75, 3.05) is 0 Å². The van der Waals surface area contributed by atoms with Crippen LogP contribution < -0.4 is 0 Å². The Labute approximate surface area is 108 Å². The van der Waals surface area contributed by atoms with Crippen LogP contribution in [-0.4, -0.2) is 10.1 Å². The summed E-state index contributed by atoms with van der Waals surface area (Å²) in [4.78, 5) is 4.06. The van der Waals surface area contributed by atoms with Crippen molar-refractivity contribution in [3.63, 3.8) is 0 Å². The van der Waals surface area contributed by atoms with Gasteiger partial charge in [0.2, 0.25) is 0 Å². The summed E-state index contributed by atoms with van der Waals surface area (Å²) in [7, 11) is 0. The third kappa shape index (κ3) is 3.41. The number of aryl methyl sites for hydroxylation is 1. The Morgan fingerprint density at radius 2 is 1.89 bits per heavy atom. The Kier molecular flexibility index (Phi) is 4.48. The summed E-state index contributed by atoms with van der Waals surface area (Å²) in [6.07, 6.45) is 5.95. The predicted octanol–water partition coefficient (Wildman–Crippen LogP) is 3.31. The highest BCUT2D eigenvalue weighted by molar-refractivity contribution is 5.25. The van der Waals surface area contributed by atoms with Crippen molar-refractivity contribution in [2.45, 2.75) is 32.3 Å². The average molecular weight is 241 g/mol. The molecular weight excluding hydrogens is 222 g/mol. The fourth-order valence-electron chi connectivity index (χ4n) is 2.06. The molecule has 18 heavy (non-hydrogen) atoms. The van der Waals surface area contributed by atoms with E-state index in [4.69, 9.17) is 0 Å². The first-order valence-corrected chi connectivity index (χ1v) is 6.45. The van der Waals surface area contributed by atoms with Crippen LogP contribution in [0.2, 0.25) is 0 Å². The summed E-state index contributed by atoms with van der Waals surface area (Å²) in [6, 6.07) is 12.1. The molecule has 2 nitrogen and oxygen atoms in total. The fraction of sp³-hybridized carbons (Fsp3) is 0.312. The van der Waals surface area contributed by atoms with Gasteiger partial charge in [-0.05, 0) is 29.2 Å². The van der Waals surface area contributed by atoms with Crippen molar-refractivity contribution in [3.05, 3.63) is 65.5 Å². The maximum Gasteiger partial charge on any atom is 0.0830 e. The highest BCUT2D eigenvalue weighted by atomic mass is 16.3. The van der Waals surface area contributed by atoms with E-state index >= 15 is 0 Å². The van der Waals surface area contributed by atoms with Crippen LogP contribution in [-0.2, 0) is 12.8 Å². The number of aliphatic hydroxyl groups excluding tert-OH is 1. The lowest BCUT2D eigenvalue weighted by atomic mass is 10.0. The molecule has 94 valence electrons. The van der Waals surface area contributed by atoms with E-state index in [0.717, 1.165) is 24.0 Å². The van der Waals surface area contributed by atoms with Gasteiger partial charge in [0.05, 0.1) is 6.10 Å². The number of hydrogen-bond acceptors (Lipinski definition) is 2. The van der Waals surface area contributed by atoms with Gasteiger partial charge in [-0.1, -0.05) is 43.7 Å². The highest BCUT2D eigenvalue weighted by Gasteiger charge is 2.08.